The third-order valence-corrected chi connectivity index (χ3v) is 13.1. The Morgan fingerprint density at radius 2 is 1.29 bits per heavy atom. The van der Waals surface area contributed by atoms with Gasteiger partial charge in [-0.15, -0.1) is 12.0 Å². The van der Waals surface area contributed by atoms with Crippen LogP contribution in [0.4, 0.5) is 22.7 Å². The molecule has 0 fully saturated rings. The number of anilines is 4. The summed E-state index contributed by atoms with van der Waals surface area (Å²) < 4.78 is 116. The number of ether oxygens (including phenoxy) is 1. The summed E-state index contributed by atoms with van der Waals surface area (Å²) in [4.78, 5) is 14.0. The van der Waals surface area contributed by atoms with Gasteiger partial charge in [0.2, 0.25) is 11.8 Å². The number of rotatable bonds is 8. The summed E-state index contributed by atoms with van der Waals surface area (Å²) >= 11 is 0. The van der Waals surface area contributed by atoms with E-state index in [1.165, 1.54) is 4.57 Å². The summed E-state index contributed by atoms with van der Waals surface area (Å²) in [5, 5.41) is 6.87. The minimum absolute atomic E-state index is 0.00144. The number of allylic oxidation sites excluding steroid dienone is 8. The Bertz CT molecular complexity index is 4490. The molecule has 2 radical (unpaired) electrons. The zero-order chi connectivity index (χ0) is 61.2. The number of hydrogen-bond donors (Lipinski definition) is 2. The van der Waals surface area contributed by atoms with E-state index in [-0.39, 0.29) is 68.9 Å². The van der Waals surface area contributed by atoms with Crippen LogP contribution in [-0.4, -0.2) is 40.3 Å². The molecule has 0 spiro atoms. The molecule has 3 aromatic heterocycles. The van der Waals surface area contributed by atoms with Crippen LogP contribution in [-0.2, 0) is 12.4 Å². The normalized spacial score (nSPS) is 20.9. The van der Waals surface area contributed by atoms with E-state index in [1.54, 1.807) is 54.6 Å². The number of para-hydroxylation sites is 5. The lowest BCUT2D eigenvalue weighted by Crippen LogP contribution is -2.27. The lowest BCUT2D eigenvalue weighted by Gasteiger charge is -2.31. The Balaban J connectivity index is 1.08. The minimum Gasteiger partial charge on any atom is -0.439 e. The first-order chi connectivity index (χ1) is 41.7. The highest BCUT2D eigenvalue weighted by Crippen LogP contribution is 2.50. The SMILES string of the molecule is [2H]c1c([2H])c([2H])c(-c2cc(N3CN(c4c(/C5=C/C=C\N/C=C\C=C/[B]5)cc(C(C)(C)C)cc4/C4=C/C=C\N/C=C\C=C/[B]4)c4ccccc43)cc(Oc3ccc4c5c([2H])c([2H])c([2H])c([2H])c5n(-c5nc6ccccc6n5C([2H])([2H])[2H])c4c3)n2)c([2H])c1[2H]. The van der Waals surface area contributed by atoms with Gasteiger partial charge in [-0.3, -0.25) is 4.57 Å². The van der Waals surface area contributed by atoms with Crippen LogP contribution >= 0.6 is 0 Å². The van der Waals surface area contributed by atoms with Crippen LogP contribution in [0, 0.1) is 0 Å². The molecular weight excluding hydrogens is 918 g/mol. The van der Waals surface area contributed by atoms with Gasteiger partial charge in [-0.1, -0.05) is 129 Å². The fourth-order valence-corrected chi connectivity index (χ4v) is 9.55. The molecule has 75 heavy (non-hydrogen) atoms. The van der Waals surface area contributed by atoms with E-state index in [0.29, 0.717) is 16.6 Å². The molecule has 362 valence electrons. The average Bonchev–Trinajstić information content (AvgIpc) is 1.69. The lowest BCUT2D eigenvalue weighted by molar-refractivity contribution is 0.464. The van der Waals surface area contributed by atoms with Crippen molar-refractivity contribution in [2.75, 3.05) is 16.5 Å². The fraction of sp³-hybridized carbons (Fsp3) is 0.0938. The maximum Gasteiger partial charge on any atom is 0.221 e. The first-order valence-corrected chi connectivity index (χ1v) is 24.4. The molecule has 0 bridgehead atoms. The van der Waals surface area contributed by atoms with Crippen molar-refractivity contribution in [1.82, 2.24) is 29.7 Å². The molecule has 6 heterocycles. The largest absolute Gasteiger partial charge is 0.439 e. The van der Waals surface area contributed by atoms with Crippen molar-refractivity contribution in [3.8, 4) is 28.8 Å². The van der Waals surface area contributed by atoms with Crippen LogP contribution in [0.25, 0.3) is 61.0 Å². The average molecular weight is 985 g/mol. The number of nitrogens with one attached hydrogen (secondary N) is 2. The van der Waals surface area contributed by atoms with Crippen LogP contribution in [0.5, 0.6) is 11.6 Å². The molecular formula is C64H54B2N8O. The summed E-state index contributed by atoms with van der Waals surface area (Å²) in [7, 11) is 4.18. The second-order valence-electron chi connectivity index (χ2n) is 18.9. The van der Waals surface area contributed by atoms with Crippen LogP contribution in [0.1, 0.15) is 53.9 Å². The van der Waals surface area contributed by atoms with Crippen molar-refractivity contribution in [2.45, 2.75) is 26.2 Å². The van der Waals surface area contributed by atoms with Gasteiger partial charge in [0.1, 0.15) is 12.4 Å². The summed E-state index contributed by atoms with van der Waals surface area (Å²) in [5.41, 5.74) is 8.07. The monoisotopic (exact) mass is 985 g/mol. The van der Waals surface area contributed by atoms with Crippen molar-refractivity contribution in [3.63, 3.8) is 0 Å². The van der Waals surface area contributed by atoms with Gasteiger partial charge in [-0.2, -0.15) is 0 Å². The highest BCUT2D eigenvalue weighted by molar-refractivity contribution is 6.67. The summed E-state index contributed by atoms with van der Waals surface area (Å²) in [6, 6.07) is 22.9. The molecule has 9 aromatic rings. The standard InChI is InChI=1S/C64H54B2N8O/c1-64(2,3)45-38-50(52-23-18-36-67-34-16-14-32-65-52)62(51(39-45)53-24-19-37-68-35-17-15-33-66-53)73-43-72(58-28-12-13-29-59(58)73)46-40-55(44-20-6-5-7-21-44)69-61(41-46)75-47-30-31-49-48-22-8-10-26-56(48)74(60(49)42-47)63-70-54-25-9-11-27-57(54)71(63)4/h5-42,67-68H,43H2,1-4H3/b32-14-,33-15-,34-16-,35-17-,36-18-,37-19-,52-23-,53-24-/i4D3,5D,6D,7D,8D,10D,20D,21D,22D,26D. The number of pyridine rings is 1. The van der Waals surface area contributed by atoms with E-state index in [1.807, 2.05) is 97.5 Å². The van der Waals surface area contributed by atoms with Gasteiger partial charge >= 0.3 is 0 Å². The minimum atomic E-state index is -2.80. The number of hydrogen-bond acceptors (Lipinski definition) is 7. The highest BCUT2D eigenvalue weighted by Gasteiger charge is 2.34. The topological polar surface area (TPSA) is 75.4 Å². The van der Waals surface area contributed by atoms with Gasteiger partial charge in [-0.05, 0) is 107 Å². The molecule has 0 unspecified atom stereocenters. The Labute approximate surface area is 456 Å². The van der Waals surface area contributed by atoms with Crippen molar-refractivity contribution >= 4 is 81.1 Å². The molecule has 0 saturated carbocycles. The predicted molar refractivity (Wildman–Crippen MR) is 314 cm³/mol. The van der Waals surface area contributed by atoms with Gasteiger partial charge in [0.05, 0.1) is 62.8 Å². The molecule has 0 saturated heterocycles. The van der Waals surface area contributed by atoms with E-state index in [2.05, 4.69) is 80.0 Å². The van der Waals surface area contributed by atoms with E-state index in [0.717, 1.165) is 49.3 Å². The van der Waals surface area contributed by atoms with Crippen molar-refractivity contribution in [1.29, 1.82) is 0 Å². The first kappa shape index (κ1) is 35.0. The molecule has 12 rings (SSSR count). The number of fused-ring (bicyclic) bond motifs is 5. The summed E-state index contributed by atoms with van der Waals surface area (Å²) in [6.45, 7) is 3.95. The van der Waals surface area contributed by atoms with Crippen molar-refractivity contribution < 1.29 is 21.2 Å². The molecule has 3 aliphatic heterocycles. The Kier molecular flexibility index (Phi) is 9.35. The second-order valence-corrected chi connectivity index (χ2v) is 18.9. The Hall–Kier alpha value is -9.21. The number of aromatic nitrogens is 4. The Morgan fingerprint density at radius 3 is 2.01 bits per heavy atom. The molecule has 6 aromatic carbocycles. The molecule has 9 nitrogen and oxygen atoms in total. The molecule has 0 amide bonds. The first-order valence-electron chi connectivity index (χ1n) is 30.4. The van der Waals surface area contributed by atoms with Crippen molar-refractivity contribution in [3.05, 3.63) is 247 Å². The highest BCUT2D eigenvalue weighted by atomic mass is 16.5. The quantitative estimate of drug-likeness (QED) is 0.147. The molecule has 0 aliphatic carbocycles. The Morgan fingerprint density at radius 1 is 0.627 bits per heavy atom. The summed E-state index contributed by atoms with van der Waals surface area (Å²) in [6.07, 6.45) is 23.3. The van der Waals surface area contributed by atoms with Crippen LogP contribution in [0.3, 0.4) is 0 Å². The van der Waals surface area contributed by atoms with Gasteiger partial charge < -0.3 is 29.7 Å². The zero-order valence-electron chi connectivity index (χ0n) is 53.2. The van der Waals surface area contributed by atoms with Gasteiger partial charge in [-0.25, -0.2) is 9.97 Å². The third-order valence-electron chi connectivity index (χ3n) is 13.1. The number of benzene rings is 6. The lowest BCUT2D eigenvalue weighted by atomic mass is 9.62. The maximum absolute atomic E-state index is 9.24. The molecule has 3 aliphatic rings. The van der Waals surface area contributed by atoms with E-state index < -0.39 is 55.3 Å². The van der Waals surface area contributed by atoms with Crippen LogP contribution in [0.15, 0.2) is 231 Å². The zero-order valence-corrected chi connectivity index (χ0v) is 41.2. The van der Waals surface area contributed by atoms with Gasteiger partial charge in [0, 0.05) is 64.4 Å². The molecule has 2 N–H and O–H groups in total. The van der Waals surface area contributed by atoms with E-state index >= 15 is 0 Å². The number of imidazole rings is 1. The number of nitrogens with zero attached hydrogens (tertiary/aromatic N) is 6. The van der Waals surface area contributed by atoms with Gasteiger partial charge in [0.15, 0.2) is 14.6 Å². The third kappa shape index (κ3) is 9.18. The van der Waals surface area contributed by atoms with E-state index in [4.69, 9.17) is 27.0 Å². The van der Waals surface area contributed by atoms with Crippen LogP contribution < -0.4 is 25.2 Å². The predicted octanol–water partition coefficient (Wildman–Crippen LogP) is 14.4. The van der Waals surface area contributed by atoms with Crippen molar-refractivity contribution in [2.24, 2.45) is 6.98 Å². The van der Waals surface area contributed by atoms with Gasteiger partial charge in [0.25, 0.3) is 0 Å². The second kappa shape index (κ2) is 20.0. The number of aryl methyl sites for hydroxylation is 1. The fourth-order valence-electron chi connectivity index (χ4n) is 9.55. The molecule has 0 atom stereocenters. The van der Waals surface area contributed by atoms with Crippen LogP contribution in [0.2, 0.25) is 0 Å². The maximum atomic E-state index is 9.24. The van der Waals surface area contributed by atoms with E-state index in [9.17, 15) is 4.11 Å². The summed E-state index contributed by atoms with van der Waals surface area (Å²) in [5.74, 6) is 3.94. The molecule has 11 heteroatoms. The smallest absolute Gasteiger partial charge is 0.221 e.